The molecule has 1 saturated heterocycles. The Morgan fingerprint density at radius 3 is 2.28 bits per heavy atom. The van der Waals surface area contributed by atoms with Crippen LogP contribution in [0.25, 0.3) is 10.8 Å². The van der Waals surface area contributed by atoms with Crippen molar-refractivity contribution in [3.8, 4) is 0 Å². The summed E-state index contributed by atoms with van der Waals surface area (Å²) >= 11 is 0. The van der Waals surface area contributed by atoms with Crippen LogP contribution in [0.4, 0.5) is 4.39 Å². The molecule has 3 aromatic carbocycles. The Balaban J connectivity index is 1.31. The summed E-state index contributed by atoms with van der Waals surface area (Å²) in [5.74, 6) is -1.78. The summed E-state index contributed by atoms with van der Waals surface area (Å²) in [6.45, 7) is -0.0541. The maximum absolute atomic E-state index is 13.1. The fourth-order valence-corrected chi connectivity index (χ4v) is 5.26. The van der Waals surface area contributed by atoms with Crippen LogP contribution in [-0.4, -0.2) is 44.2 Å². The molecule has 1 fully saturated rings. The molecule has 0 N–H and O–H groups in total. The third-order valence-corrected chi connectivity index (χ3v) is 7.57. The summed E-state index contributed by atoms with van der Waals surface area (Å²) < 4.78 is 45.0. The largest absolute Gasteiger partial charge is 0.457 e. The fraction of sp³-hybridized carbons (Fsp3) is 0.250. The van der Waals surface area contributed by atoms with E-state index in [2.05, 4.69) is 0 Å². The Morgan fingerprint density at radius 1 is 0.938 bits per heavy atom. The van der Waals surface area contributed by atoms with E-state index < -0.39 is 27.7 Å². The molecule has 6 nitrogen and oxygen atoms in total. The monoisotopic (exact) mass is 455 g/mol. The summed E-state index contributed by atoms with van der Waals surface area (Å²) in [6, 6.07) is 17.6. The first-order chi connectivity index (χ1) is 15.3. The Bertz CT molecular complexity index is 1250. The predicted octanol–water partition coefficient (Wildman–Crippen LogP) is 3.81. The van der Waals surface area contributed by atoms with Gasteiger partial charge < -0.3 is 4.74 Å². The molecular weight excluding hydrogens is 433 g/mol. The molecule has 3 aromatic rings. The summed E-state index contributed by atoms with van der Waals surface area (Å²) in [5.41, 5.74) is 0.469. The van der Waals surface area contributed by atoms with Crippen molar-refractivity contribution in [2.24, 2.45) is 5.92 Å². The highest BCUT2D eigenvalue weighted by Gasteiger charge is 2.33. The van der Waals surface area contributed by atoms with Crippen molar-refractivity contribution in [3.63, 3.8) is 0 Å². The minimum Gasteiger partial charge on any atom is -0.457 e. The zero-order valence-corrected chi connectivity index (χ0v) is 18.1. The summed E-state index contributed by atoms with van der Waals surface area (Å²) in [6.07, 6.45) is 0.590. The number of carbonyl (C=O) groups excluding carboxylic acids is 2. The molecule has 0 saturated carbocycles. The molecule has 32 heavy (non-hydrogen) atoms. The highest BCUT2D eigenvalue weighted by atomic mass is 32.2. The van der Waals surface area contributed by atoms with Crippen molar-refractivity contribution in [1.82, 2.24) is 4.31 Å². The van der Waals surface area contributed by atoms with E-state index >= 15 is 0 Å². The SMILES string of the molecule is O=C(COC(=O)C1CCN(S(=O)(=O)c2ccc(F)cc2)CC1)c1ccc2ccccc2c1. The van der Waals surface area contributed by atoms with Crippen molar-refractivity contribution in [2.75, 3.05) is 19.7 Å². The van der Waals surface area contributed by atoms with Gasteiger partial charge in [-0.25, -0.2) is 12.8 Å². The van der Waals surface area contributed by atoms with Crippen LogP contribution in [0.5, 0.6) is 0 Å². The first-order valence-electron chi connectivity index (χ1n) is 10.3. The number of hydrogen-bond donors (Lipinski definition) is 0. The second-order valence-electron chi connectivity index (χ2n) is 7.73. The van der Waals surface area contributed by atoms with Gasteiger partial charge in [-0.15, -0.1) is 0 Å². The third kappa shape index (κ3) is 4.71. The van der Waals surface area contributed by atoms with E-state index in [1.807, 2.05) is 30.3 Å². The molecule has 0 spiro atoms. The number of nitrogens with zero attached hydrogens (tertiary/aromatic N) is 1. The second-order valence-corrected chi connectivity index (χ2v) is 9.66. The van der Waals surface area contributed by atoms with Crippen molar-refractivity contribution in [1.29, 1.82) is 0 Å². The van der Waals surface area contributed by atoms with Crippen LogP contribution in [0.3, 0.4) is 0 Å². The van der Waals surface area contributed by atoms with Gasteiger partial charge in [-0.3, -0.25) is 9.59 Å². The number of halogens is 1. The van der Waals surface area contributed by atoms with Crippen molar-refractivity contribution in [2.45, 2.75) is 17.7 Å². The predicted molar refractivity (Wildman–Crippen MR) is 117 cm³/mol. The first kappa shape index (κ1) is 22.1. The van der Waals surface area contributed by atoms with Gasteiger partial charge in [-0.1, -0.05) is 36.4 Å². The number of ether oxygens (including phenoxy) is 1. The zero-order valence-electron chi connectivity index (χ0n) is 17.2. The molecule has 0 radical (unpaired) electrons. The summed E-state index contributed by atoms with van der Waals surface area (Å²) in [5, 5.41) is 1.95. The van der Waals surface area contributed by atoms with Crippen molar-refractivity contribution >= 4 is 32.5 Å². The molecule has 1 aliphatic heterocycles. The molecule has 0 atom stereocenters. The van der Waals surface area contributed by atoms with E-state index in [1.165, 1.54) is 16.4 Å². The number of piperidine rings is 1. The third-order valence-electron chi connectivity index (χ3n) is 5.66. The highest BCUT2D eigenvalue weighted by Crippen LogP contribution is 2.25. The van der Waals surface area contributed by atoms with Gasteiger partial charge in [0.1, 0.15) is 5.82 Å². The maximum Gasteiger partial charge on any atom is 0.309 e. The molecule has 8 heteroatoms. The number of carbonyl (C=O) groups is 2. The van der Waals surface area contributed by atoms with Gasteiger partial charge in [0, 0.05) is 18.7 Å². The van der Waals surface area contributed by atoms with Gasteiger partial charge in [-0.05, 0) is 53.9 Å². The molecular formula is C24H22FNO5S. The fourth-order valence-electron chi connectivity index (χ4n) is 3.79. The number of ketones is 1. The number of rotatable bonds is 6. The van der Waals surface area contributed by atoms with Crippen LogP contribution in [0.15, 0.2) is 71.6 Å². The average molecular weight is 456 g/mol. The topological polar surface area (TPSA) is 80.8 Å². The Kier molecular flexibility index (Phi) is 6.34. The molecule has 4 rings (SSSR count). The first-order valence-corrected chi connectivity index (χ1v) is 11.7. The van der Waals surface area contributed by atoms with Gasteiger partial charge in [-0.2, -0.15) is 4.31 Å². The lowest BCUT2D eigenvalue weighted by Crippen LogP contribution is -2.40. The number of hydrogen-bond acceptors (Lipinski definition) is 5. The van der Waals surface area contributed by atoms with Gasteiger partial charge in [0.2, 0.25) is 10.0 Å². The van der Waals surface area contributed by atoms with E-state index in [9.17, 15) is 22.4 Å². The maximum atomic E-state index is 13.1. The Morgan fingerprint density at radius 2 is 1.59 bits per heavy atom. The van der Waals surface area contributed by atoms with E-state index in [0.717, 1.165) is 22.9 Å². The minimum atomic E-state index is -3.75. The average Bonchev–Trinajstić information content (AvgIpc) is 2.82. The summed E-state index contributed by atoms with van der Waals surface area (Å²) in [4.78, 5) is 24.9. The number of Topliss-reactive ketones (excluding diaryl/α,β-unsaturated/α-hetero) is 1. The molecule has 0 amide bonds. The van der Waals surface area contributed by atoms with Crippen LogP contribution < -0.4 is 0 Å². The van der Waals surface area contributed by atoms with Crippen LogP contribution in [0, 0.1) is 11.7 Å². The number of esters is 1. The van der Waals surface area contributed by atoms with Crippen LogP contribution in [-0.2, 0) is 19.6 Å². The lowest BCUT2D eigenvalue weighted by molar-refractivity contribution is -0.148. The van der Waals surface area contributed by atoms with E-state index in [0.29, 0.717) is 18.4 Å². The molecule has 1 aliphatic rings. The molecule has 0 bridgehead atoms. The van der Waals surface area contributed by atoms with E-state index in [1.54, 1.807) is 12.1 Å². The van der Waals surface area contributed by atoms with Crippen LogP contribution >= 0.6 is 0 Å². The van der Waals surface area contributed by atoms with Gasteiger partial charge in [0.25, 0.3) is 0 Å². The smallest absolute Gasteiger partial charge is 0.309 e. The van der Waals surface area contributed by atoms with Gasteiger partial charge in [0.15, 0.2) is 12.4 Å². The number of fused-ring (bicyclic) bond motifs is 1. The second kappa shape index (κ2) is 9.18. The molecule has 0 unspecified atom stereocenters. The molecule has 0 aromatic heterocycles. The highest BCUT2D eigenvalue weighted by molar-refractivity contribution is 7.89. The summed E-state index contributed by atoms with van der Waals surface area (Å²) in [7, 11) is -3.75. The Labute approximate surface area is 185 Å². The van der Waals surface area contributed by atoms with Crippen LogP contribution in [0.1, 0.15) is 23.2 Å². The van der Waals surface area contributed by atoms with Gasteiger partial charge in [0.05, 0.1) is 10.8 Å². The Hall–Kier alpha value is -3.10. The number of benzene rings is 3. The minimum absolute atomic E-state index is 0.0147. The van der Waals surface area contributed by atoms with E-state index in [4.69, 9.17) is 4.74 Å². The normalized spacial score (nSPS) is 15.5. The van der Waals surface area contributed by atoms with E-state index in [-0.39, 0.29) is 30.4 Å². The molecule has 1 heterocycles. The van der Waals surface area contributed by atoms with Crippen molar-refractivity contribution in [3.05, 3.63) is 78.1 Å². The van der Waals surface area contributed by atoms with Crippen molar-refractivity contribution < 1.29 is 27.1 Å². The zero-order chi connectivity index (χ0) is 22.7. The molecule has 0 aliphatic carbocycles. The number of sulfonamides is 1. The lowest BCUT2D eigenvalue weighted by atomic mass is 9.98. The standard InChI is InChI=1S/C24H22FNO5S/c25-21-7-9-22(10-8-21)32(29,30)26-13-11-18(12-14-26)24(28)31-16-23(27)20-6-5-17-3-1-2-4-19(17)15-20/h1-10,15,18H,11-14,16H2. The lowest BCUT2D eigenvalue weighted by Gasteiger charge is -2.30. The molecule has 166 valence electrons. The van der Waals surface area contributed by atoms with Gasteiger partial charge >= 0.3 is 5.97 Å². The van der Waals surface area contributed by atoms with Crippen LogP contribution in [0.2, 0.25) is 0 Å². The quantitative estimate of drug-likeness (QED) is 0.417.